The van der Waals surface area contributed by atoms with Crippen molar-refractivity contribution in [3.05, 3.63) is 33.4 Å². The number of benzene rings is 1. The summed E-state index contributed by atoms with van der Waals surface area (Å²) in [6.45, 7) is 0. The molecule has 0 fully saturated rings. The van der Waals surface area contributed by atoms with E-state index in [1.54, 1.807) is 6.07 Å². The molecule has 0 aliphatic heterocycles. The van der Waals surface area contributed by atoms with E-state index in [4.69, 9.17) is 10.00 Å². The molecule has 0 aliphatic rings. The molecule has 1 rings (SSSR count). The van der Waals surface area contributed by atoms with E-state index < -0.39 is 10.6 Å². The Kier molecular flexibility index (Phi) is 4.17. The second-order valence-electron chi connectivity index (χ2n) is 2.97. The molecule has 0 atom stereocenters. The number of carbonyl (C=O) groups excluding carboxylic acids is 1. The SMILES string of the molecule is COc1c(C(=O)CBr)ccc(C#N)c1[N+](=O)[O-]. The molecule has 0 saturated heterocycles. The fourth-order valence-corrected chi connectivity index (χ4v) is 1.64. The molecule has 0 unspecified atom stereocenters. The Morgan fingerprint density at radius 3 is 2.71 bits per heavy atom. The molecular weight excluding hydrogens is 292 g/mol. The quantitative estimate of drug-likeness (QED) is 0.367. The van der Waals surface area contributed by atoms with Crippen molar-refractivity contribution in [3.8, 4) is 11.8 Å². The van der Waals surface area contributed by atoms with Crippen LogP contribution in [0.25, 0.3) is 0 Å². The van der Waals surface area contributed by atoms with E-state index in [0.717, 1.165) is 0 Å². The molecule has 0 aliphatic carbocycles. The molecule has 0 spiro atoms. The summed E-state index contributed by atoms with van der Waals surface area (Å²) in [7, 11) is 1.22. The van der Waals surface area contributed by atoms with Crippen molar-refractivity contribution in [2.24, 2.45) is 0 Å². The monoisotopic (exact) mass is 298 g/mol. The van der Waals surface area contributed by atoms with Crippen LogP contribution in [0.1, 0.15) is 15.9 Å². The minimum absolute atomic E-state index is 0.0203. The van der Waals surface area contributed by atoms with Crippen molar-refractivity contribution in [1.29, 1.82) is 5.26 Å². The van der Waals surface area contributed by atoms with Gasteiger partial charge in [0.2, 0.25) is 5.75 Å². The van der Waals surface area contributed by atoms with E-state index in [0.29, 0.717) is 0 Å². The number of halogens is 1. The maximum atomic E-state index is 11.5. The van der Waals surface area contributed by atoms with Crippen LogP contribution >= 0.6 is 15.9 Å². The molecule has 17 heavy (non-hydrogen) atoms. The lowest BCUT2D eigenvalue weighted by Crippen LogP contribution is -2.06. The molecule has 7 heteroatoms. The molecule has 0 bridgehead atoms. The van der Waals surface area contributed by atoms with Crippen LogP contribution in [-0.2, 0) is 0 Å². The Labute approximate surface area is 105 Å². The lowest BCUT2D eigenvalue weighted by molar-refractivity contribution is -0.386. The zero-order valence-electron chi connectivity index (χ0n) is 8.77. The van der Waals surface area contributed by atoms with E-state index in [2.05, 4.69) is 15.9 Å². The Morgan fingerprint density at radius 2 is 2.29 bits per heavy atom. The fourth-order valence-electron chi connectivity index (χ4n) is 1.34. The number of hydrogen-bond donors (Lipinski definition) is 0. The van der Waals surface area contributed by atoms with Crippen molar-refractivity contribution >= 4 is 27.4 Å². The van der Waals surface area contributed by atoms with Crippen LogP contribution in [-0.4, -0.2) is 23.1 Å². The van der Waals surface area contributed by atoms with Gasteiger partial charge in [-0.2, -0.15) is 5.26 Å². The highest BCUT2D eigenvalue weighted by atomic mass is 79.9. The van der Waals surface area contributed by atoms with E-state index in [1.165, 1.54) is 19.2 Å². The zero-order valence-corrected chi connectivity index (χ0v) is 10.4. The number of nitro groups is 1. The summed E-state index contributed by atoms with van der Waals surface area (Å²) < 4.78 is 4.87. The summed E-state index contributed by atoms with van der Waals surface area (Å²) in [4.78, 5) is 21.7. The van der Waals surface area contributed by atoms with E-state index in [9.17, 15) is 14.9 Å². The third-order valence-corrected chi connectivity index (χ3v) is 2.57. The second kappa shape index (κ2) is 5.41. The van der Waals surface area contributed by atoms with Crippen molar-refractivity contribution < 1.29 is 14.5 Å². The topological polar surface area (TPSA) is 93.2 Å². The molecular formula is C10H7BrN2O4. The summed E-state index contributed by atoms with van der Waals surface area (Å²) in [6.07, 6.45) is 0. The van der Waals surface area contributed by atoms with Gasteiger partial charge >= 0.3 is 5.69 Å². The smallest absolute Gasteiger partial charge is 0.329 e. The number of alkyl halides is 1. The van der Waals surface area contributed by atoms with Gasteiger partial charge in [-0.15, -0.1) is 0 Å². The number of Topliss-reactive ketones (excluding diaryl/α,β-unsaturated/α-hetero) is 1. The predicted octanol–water partition coefficient (Wildman–Crippen LogP) is 2.05. The van der Waals surface area contributed by atoms with E-state index >= 15 is 0 Å². The highest BCUT2D eigenvalue weighted by Gasteiger charge is 2.26. The average molecular weight is 299 g/mol. The molecule has 0 heterocycles. The summed E-state index contributed by atoms with van der Waals surface area (Å²) in [5.41, 5.74) is -0.546. The molecule has 1 aromatic carbocycles. The first-order valence-corrected chi connectivity index (χ1v) is 5.53. The van der Waals surface area contributed by atoms with Crippen molar-refractivity contribution in [2.75, 3.05) is 12.4 Å². The van der Waals surface area contributed by atoms with E-state index in [1.807, 2.05) is 0 Å². The maximum absolute atomic E-state index is 11.5. The molecule has 0 N–H and O–H groups in total. The second-order valence-corrected chi connectivity index (χ2v) is 3.53. The molecule has 0 amide bonds. The number of nitro benzene ring substituents is 1. The van der Waals surface area contributed by atoms with Crippen LogP contribution in [0.15, 0.2) is 12.1 Å². The summed E-state index contributed by atoms with van der Waals surface area (Å²) in [6, 6.07) is 4.27. The highest BCUT2D eigenvalue weighted by Crippen LogP contribution is 2.34. The van der Waals surface area contributed by atoms with E-state index in [-0.39, 0.29) is 28.0 Å². The number of ketones is 1. The highest BCUT2D eigenvalue weighted by molar-refractivity contribution is 9.09. The number of rotatable bonds is 4. The number of nitrogens with zero attached hydrogens (tertiary/aromatic N) is 2. The minimum atomic E-state index is -0.734. The summed E-state index contributed by atoms with van der Waals surface area (Å²) >= 11 is 2.97. The number of carbonyl (C=O) groups is 1. The fraction of sp³-hybridized carbons (Fsp3) is 0.200. The number of hydrogen-bond acceptors (Lipinski definition) is 5. The van der Waals surface area contributed by atoms with Crippen LogP contribution in [0.2, 0.25) is 0 Å². The van der Waals surface area contributed by atoms with Gasteiger partial charge in [-0.1, -0.05) is 15.9 Å². The van der Waals surface area contributed by atoms with Crippen LogP contribution in [0.5, 0.6) is 5.75 Å². The first-order chi connectivity index (χ1) is 8.06. The first kappa shape index (κ1) is 13.1. The molecule has 1 aromatic rings. The molecule has 0 saturated carbocycles. The lowest BCUT2D eigenvalue weighted by Gasteiger charge is -2.07. The van der Waals surface area contributed by atoms with Crippen molar-refractivity contribution in [3.63, 3.8) is 0 Å². The van der Waals surface area contributed by atoms with Crippen LogP contribution in [0.3, 0.4) is 0 Å². The first-order valence-electron chi connectivity index (χ1n) is 4.41. The number of ether oxygens (including phenoxy) is 1. The maximum Gasteiger partial charge on any atom is 0.329 e. The van der Waals surface area contributed by atoms with Gasteiger partial charge in [0.05, 0.1) is 22.9 Å². The van der Waals surface area contributed by atoms with Gasteiger partial charge in [-0.25, -0.2) is 0 Å². The Hall–Kier alpha value is -1.94. The van der Waals surface area contributed by atoms with Gasteiger partial charge in [-0.05, 0) is 12.1 Å². The molecule has 88 valence electrons. The lowest BCUT2D eigenvalue weighted by atomic mass is 10.1. The van der Waals surface area contributed by atoms with Gasteiger partial charge in [-0.3, -0.25) is 14.9 Å². The largest absolute Gasteiger partial charge is 0.490 e. The normalized spacial score (nSPS) is 9.47. The molecule has 0 aromatic heterocycles. The predicted molar refractivity (Wildman–Crippen MR) is 62.5 cm³/mol. The van der Waals surface area contributed by atoms with Crippen LogP contribution in [0.4, 0.5) is 5.69 Å². The summed E-state index contributed by atoms with van der Waals surface area (Å²) in [5.74, 6) is -0.534. The Morgan fingerprint density at radius 1 is 1.65 bits per heavy atom. The molecule has 0 radical (unpaired) electrons. The van der Waals surface area contributed by atoms with Crippen LogP contribution < -0.4 is 4.74 Å². The number of nitriles is 1. The zero-order chi connectivity index (χ0) is 13.0. The molecule has 6 nitrogen and oxygen atoms in total. The Bertz CT molecular complexity index is 522. The van der Waals surface area contributed by atoms with Gasteiger partial charge < -0.3 is 4.74 Å². The number of methoxy groups -OCH3 is 1. The minimum Gasteiger partial charge on any atom is -0.490 e. The third kappa shape index (κ3) is 2.42. The van der Waals surface area contributed by atoms with Gasteiger partial charge in [0.1, 0.15) is 11.6 Å². The summed E-state index contributed by atoms with van der Waals surface area (Å²) in [5, 5.41) is 19.7. The Balaban J connectivity index is 3.59. The van der Waals surface area contributed by atoms with Crippen molar-refractivity contribution in [2.45, 2.75) is 0 Å². The standard InChI is InChI=1S/C10H7BrN2O4/c1-17-10-7(8(14)4-11)3-2-6(5-12)9(10)13(15)16/h2-3H,4H2,1H3. The average Bonchev–Trinajstić information content (AvgIpc) is 2.35. The van der Waals surface area contributed by atoms with Gasteiger partial charge in [0.25, 0.3) is 0 Å². The van der Waals surface area contributed by atoms with Gasteiger partial charge in [0.15, 0.2) is 5.78 Å². The van der Waals surface area contributed by atoms with Gasteiger partial charge in [0, 0.05) is 0 Å². The van der Waals surface area contributed by atoms with Crippen molar-refractivity contribution in [1.82, 2.24) is 0 Å². The van der Waals surface area contributed by atoms with Crippen LogP contribution in [0, 0.1) is 21.4 Å². The third-order valence-electron chi connectivity index (χ3n) is 2.06.